The van der Waals surface area contributed by atoms with E-state index in [2.05, 4.69) is 5.32 Å². The molecule has 1 aromatic carbocycles. The fraction of sp³-hybridized carbons (Fsp3) is 0.294. The van der Waals surface area contributed by atoms with Crippen LogP contribution >= 0.6 is 11.3 Å². The van der Waals surface area contributed by atoms with Gasteiger partial charge >= 0.3 is 0 Å². The number of anilines is 1. The number of likely N-dealkylation sites (tertiary alicyclic amines) is 1. The lowest BCUT2D eigenvalue weighted by Crippen LogP contribution is -2.54. The highest BCUT2D eigenvalue weighted by molar-refractivity contribution is 7.12. The number of hydrogen-bond acceptors (Lipinski definition) is 3. The van der Waals surface area contributed by atoms with Gasteiger partial charge in [-0.05, 0) is 42.5 Å². The smallest absolute Gasteiger partial charge is 0.263 e. The molecular formula is C17H18N2O2S. The van der Waals surface area contributed by atoms with Gasteiger partial charge in [0.25, 0.3) is 5.91 Å². The molecule has 3 rings (SSSR count). The number of rotatable bonds is 3. The van der Waals surface area contributed by atoms with Crippen LogP contribution in [0.5, 0.6) is 0 Å². The van der Waals surface area contributed by atoms with E-state index in [0.29, 0.717) is 13.1 Å². The maximum Gasteiger partial charge on any atom is 0.263 e. The standard InChI is InChI=1S/C17H18N2O2S/c1-11-5-3-6-14(12(11)2)18-16(20)13-9-19(10-13)17(21)15-7-4-8-22-15/h3-8,13H,9-10H2,1-2H3,(H,18,20). The predicted molar refractivity (Wildman–Crippen MR) is 88.3 cm³/mol. The summed E-state index contributed by atoms with van der Waals surface area (Å²) >= 11 is 1.43. The average Bonchev–Trinajstić information content (AvgIpc) is 2.96. The second-order valence-electron chi connectivity index (χ2n) is 5.62. The fourth-order valence-corrected chi connectivity index (χ4v) is 3.18. The number of thiophene rings is 1. The van der Waals surface area contributed by atoms with Crippen molar-refractivity contribution in [2.45, 2.75) is 13.8 Å². The molecule has 1 aromatic heterocycles. The third-order valence-electron chi connectivity index (χ3n) is 4.13. The van der Waals surface area contributed by atoms with Gasteiger partial charge in [-0.3, -0.25) is 9.59 Å². The highest BCUT2D eigenvalue weighted by Crippen LogP contribution is 2.24. The topological polar surface area (TPSA) is 49.4 Å². The maximum atomic E-state index is 12.3. The van der Waals surface area contributed by atoms with Gasteiger partial charge in [0, 0.05) is 18.8 Å². The third kappa shape index (κ3) is 2.76. The van der Waals surface area contributed by atoms with Gasteiger partial charge in [-0.2, -0.15) is 0 Å². The van der Waals surface area contributed by atoms with Crippen LogP contribution in [0.4, 0.5) is 5.69 Å². The van der Waals surface area contributed by atoms with Crippen molar-refractivity contribution in [2.24, 2.45) is 5.92 Å². The second-order valence-corrected chi connectivity index (χ2v) is 6.57. The molecule has 2 amide bonds. The van der Waals surface area contributed by atoms with Gasteiger partial charge in [-0.1, -0.05) is 18.2 Å². The van der Waals surface area contributed by atoms with Crippen LogP contribution in [-0.2, 0) is 4.79 Å². The first-order valence-electron chi connectivity index (χ1n) is 7.26. The first-order valence-corrected chi connectivity index (χ1v) is 8.14. The number of nitrogens with zero attached hydrogens (tertiary/aromatic N) is 1. The molecule has 1 aliphatic rings. The van der Waals surface area contributed by atoms with Gasteiger partial charge < -0.3 is 10.2 Å². The summed E-state index contributed by atoms with van der Waals surface area (Å²) in [4.78, 5) is 26.8. The SMILES string of the molecule is Cc1cccc(NC(=O)C2CN(C(=O)c3cccs3)C2)c1C. The van der Waals surface area contributed by atoms with Crippen LogP contribution in [0.15, 0.2) is 35.7 Å². The van der Waals surface area contributed by atoms with Crippen molar-refractivity contribution in [2.75, 3.05) is 18.4 Å². The van der Waals surface area contributed by atoms with E-state index in [1.807, 2.05) is 49.6 Å². The van der Waals surface area contributed by atoms with Crippen LogP contribution in [0.1, 0.15) is 20.8 Å². The van der Waals surface area contributed by atoms with Crippen molar-refractivity contribution in [3.63, 3.8) is 0 Å². The Morgan fingerprint density at radius 1 is 1.18 bits per heavy atom. The summed E-state index contributed by atoms with van der Waals surface area (Å²) in [5.41, 5.74) is 3.09. The van der Waals surface area contributed by atoms with E-state index in [4.69, 9.17) is 0 Å². The number of aryl methyl sites for hydroxylation is 1. The minimum Gasteiger partial charge on any atom is -0.336 e. The normalized spacial score (nSPS) is 14.5. The minimum absolute atomic E-state index is 0.0103. The summed E-state index contributed by atoms with van der Waals surface area (Å²) in [6.45, 7) is 5.01. The van der Waals surface area contributed by atoms with Gasteiger partial charge in [0.05, 0.1) is 10.8 Å². The Labute approximate surface area is 133 Å². The zero-order chi connectivity index (χ0) is 15.7. The summed E-state index contributed by atoms with van der Waals surface area (Å²) in [7, 11) is 0. The lowest BCUT2D eigenvalue weighted by atomic mass is 9.98. The lowest BCUT2D eigenvalue weighted by molar-refractivity contribution is -0.123. The number of benzene rings is 1. The largest absolute Gasteiger partial charge is 0.336 e. The van der Waals surface area contributed by atoms with Gasteiger partial charge in [0.15, 0.2) is 0 Å². The van der Waals surface area contributed by atoms with Crippen LogP contribution in [0.25, 0.3) is 0 Å². The first-order chi connectivity index (χ1) is 10.6. The van der Waals surface area contributed by atoms with Gasteiger partial charge in [-0.25, -0.2) is 0 Å². The quantitative estimate of drug-likeness (QED) is 0.946. The van der Waals surface area contributed by atoms with Crippen molar-refractivity contribution in [1.29, 1.82) is 0 Å². The summed E-state index contributed by atoms with van der Waals surface area (Å²) in [6.07, 6.45) is 0. The zero-order valence-corrected chi connectivity index (χ0v) is 13.4. The van der Waals surface area contributed by atoms with E-state index >= 15 is 0 Å². The summed E-state index contributed by atoms with van der Waals surface area (Å²) in [5.74, 6) is -0.112. The molecule has 22 heavy (non-hydrogen) atoms. The Kier molecular flexibility index (Phi) is 3.98. The molecule has 114 valence electrons. The maximum absolute atomic E-state index is 12.3. The molecule has 1 N–H and O–H groups in total. The Morgan fingerprint density at radius 3 is 2.64 bits per heavy atom. The number of nitrogens with one attached hydrogen (secondary N) is 1. The molecule has 1 aliphatic heterocycles. The minimum atomic E-state index is -0.121. The second kappa shape index (κ2) is 5.93. The first kappa shape index (κ1) is 14.8. The molecule has 1 saturated heterocycles. The average molecular weight is 314 g/mol. The van der Waals surface area contributed by atoms with Gasteiger partial charge in [-0.15, -0.1) is 11.3 Å². The summed E-state index contributed by atoms with van der Waals surface area (Å²) < 4.78 is 0. The van der Waals surface area contributed by atoms with Crippen LogP contribution in [0.2, 0.25) is 0 Å². The number of amides is 2. The fourth-order valence-electron chi connectivity index (χ4n) is 2.49. The Hall–Kier alpha value is -2.14. The van der Waals surface area contributed by atoms with Gasteiger partial charge in [0.2, 0.25) is 5.91 Å². The monoisotopic (exact) mass is 314 g/mol. The van der Waals surface area contributed by atoms with Crippen molar-refractivity contribution in [1.82, 2.24) is 4.90 Å². The van der Waals surface area contributed by atoms with E-state index in [1.54, 1.807) is 4.90 Å². The third-order valence-corrected chi connectivity index (χ3v) is 4.99. The number of hydrogen-bond donors (Lipinski definition) is 1. The van der Waals surface area contributed by atoms with E-state index in [-0.39, 0.29) is 17.7 Å². The van der Waals surface area contributed by atoms with E-state index in [0.717, 1.165) is 21.7 Å². The van der Waals surface area contributed by atoms with Crippen molar-refractivity contribution >= 4 is 28.8 Å². The van der Waals surface area contributed by atoms with Crippen LogP contribution in [0, 0.1) is 19.8 Å². The molecule has 1 fully saturated rings. The molecule has 0 aliphatic carbocycles. The number of carbonyl (C=O) groups is 2. The molecule has 2 heterocycles. The van der Waals surface area contributed by atoms with E-state index in [1.165, 1.54) is 11.3 Å². The van der Waals surface area contributed by atoms with Gasteiger partial charge in [0.1, 0.15) is 0 Å². The summed E-state index contributed by atoms with van der Waals surface area (Å²) in [5, 5.41) is 4.86. The summed E-state index contributed by atoms with van der Waals surface area (Å²) in [6, 6.07) is 9.55. The molecule has 0 bridgehead atoms. The Morgan fingerprint density at radius 2 is 1.95 bits per heavy atom. The van der Waals surface area contributed by atoms with Crippen molar-refractivity contribution < 1.29 is 9.59 Å². The molecule has 2 aromatic rings. The van der Waals surface area contributed by atoms with Crippen molar-refractivity contribution in [3.05, 3.63) is 51.7 Å². The van der Waals surface area contributed by atoms with Crippen LogP contribution < -0.4 is 5.32 Å². The molecule has 5 heteroatoms. The van der Waals surface area contributed by atoms with E-state index in [9.17, 15) is 9.59 Å². The predicted octanol–water partition coefficient (Wildman–Crippen LogP) is 3.08. The zero-order valence-electron chi connectivity index (χ0n) is 12.6. The Bertz CT molecular complexity index is 703. The molecule has 4 nitrogen and oxygen atoms in total. The van der Waals surface area contributed by atoms with Crippen LogP contribution in [-0.4, -0.2) is 29.8 Å². The number of carbonyl (C=O) groups excluding carboxylic acids is 2. The molecule has 0 spiro atoms. The van der Waals surface area contributed by atoms with E-state index < -0.39 is 0 Å². The highest BCUT2D eigenvalue weighted by atomic mass is 32.1. The Balaban J connectivity index is 1.58. The molecule has 0 saturated carbocycles. The molecule has 0 atom stereocenters. The van der Waals surface area contributed by atoms with Crippen LogP contribution in [0.3, 0.4) is 0 Å². The molecule has 0 unspecified atom stereocenters. The lowest BCUT2D eigenvalue weighted by Gasteiger charge is -2.38. The van der Waals surface area contributed by atoms with Crippen molar-refractivity contribution in [3.8, 4) is 0 Å². The highest BCUT2D eigenvalue weighted by Gasteiger charge is 2.36. The molecular weight excluding hydrogens is 296 g/mol. The molecule has 0 radical (unpaired) electrons.